The van der Waals surface area contributed by atoms with Crippen molar-refractivity contribution in [2.24, 2.45) is 5.41 Å². The largest absolute Gasteiger partial charge is 0.339 e. The molecule has 24 heavy (non-hydrogen) atoms. The highest BCUT2D eigenvalue weighted by Gasteiger charge is 2.38. The normalized spacial score (nSPS) is 19.5. The summed E-state index contributed by atoms with van der Waals surface area (Å²) in [6, 6.07) is 12.2. The highest BCUT2D eigenvalue weighted by atomic mass is 79.9. The molecule has 0 atom stereocenters. The average molecular weight is 410 g/mol. The third-order valence-corrected chi connectivity index (χ3v) is 5.96. The molecule has 2 heterocycles. The summed E-state index contributed by atoms with van der Waals surface area (Å²) in [5.41, 5.74) is 1.26. The summed E-state index contributed by atoms with van der Waals surface area (Å²) in [4.78, 5) is 15.1. The van der Waals surface area contributed by atoms with Crippen LogP contribution in [-0.4, -0.2) is 37.0 Å². The van der Waals surface area contributed by atoms with E-state index in [4.69, 9.17) is 0 Å². The maximum Gasteiger partial charge on any atom is 0.254 e. The van der Waals surface area contributed by atoms with Crippen LogP contribution < -0.4 is 5.32 Å². The van der Waals surface area contributed by atoms with Gasteiger partial charge < -0.3 is 10.2 Å². The minimum absolute atomic E-state index is 0. The van der Waals surface area contributed by atoms with E-state index in [2.05, 4.69) is 33.4 Å². The average Bonchev–Trinajstić information content (AvgIpc) is 3.02. The highest BCUT2D eigenvalue weighted by Crippen LogP contribution is 2.37. The van der Waals surface area contributed by atoms with Crippen LogP contribution >= 0.6 is 28.3 Å². The molecule has 1 spiro atoms. The Kier molecular flexibility index (Phi) is 5.19. The van der Waals surface area contributed by atoms with Gasteiger partial charge in [0.2, 0.25) is 0 Å². The Hall–Kier alpha value is -1.10. The second-order valence-electron chi connectivity index (χ2n) is 6.89. The van der Waals surface area contributed by atoms with Crippen molar-refractivity contribution in [1.29, 1.82) is 0 Å². The van der Waals surface area contributed by atoms with E-state index in [0.29, 0.717) is 5.41 Å². The van der Waals surface area contributed by atoms with Crippen LogP contribution in [0.15, 0.2) is 40.9 Å². The SMILES string of the molecule is Cl.O=C(c1cc(Br)cc2ccccc12)N1CCC2(CCNC2)CC1. The molecule has 4 rings (SSSR count). The first-order valence-electron chi connectivity index (χ1n) is 8.35. The minimum atomic E-state index is 0. The van der Waals surface area contributed by atoms with Crippen molar-refractivity contribution in [3.63, 3.8) is 0 Å². The molecule has 0 aliphatic carbocycles. The molecule has 0 unspecified atom stereocenters. The summed E-state index contributed by atoms with van der Waals surface area (Å²) in [5, 5.41) is 5.64. The van der Waals surface area contributed by atoms with E-state index in [1.54, 1.807) is 0 Å². The van der Waals surface area contributed by atoms with Gasteiger partial charge in [-0.05, 0) is 54.1 Å². The maximum atomic E-state index is 13.1. The number of piperidine rings is 1. The van der Waals surface area contributed by atoms with Gasteiger partial charge in [0.15, 0.2) is 0 Å². The van der Waals surface area contributed by atoms with Crippen LogP contribution in [0.3, 0.4) is 0 Å². The quantitative estimate of drug-likeness (QED) is 0.764. The summed E-state index contributed by atoms with van der Waals surface area (Å²) in [5.74, 6) is 0.170. The first-order valence-corrected chi connectivity index (χ1v) is 9.15. The number of rotatable bonds is 1. The van der Waals surface area contributed by atoms with E-state index in [1.165, 1.54) is 6.42 Å². The van der Waals surface area contributed by atoms with Crippen molar-refractivity contribution in [1.82, 2.24) is 10.2 Å². The van der Waals surface area contributed by atoms with Gasteiger partial charge in [-0.3, -0.25) is 4.79 Å². The summed E-state index contributed by atoms with van der Waals surface area (Å²) in [7, 11) is 0. The summed E-state index contributed by atoms with van der Waals surface area (Å²) in [6.07, 6.45) is 3.50. The van der Waals surface area contributed by atoms with E-state index in [0.717, 1.165) is 59.8 Å². The van der Waals surface area contributed by atoms with Gasteiger partial charge in [-0.1, -0.05) is 40.2 Å². The molecule has 2 aliphatic rings. The number of carbonyl (C=O) groups excluding carboxylic acids is 1. The van der Waals surface area contributed by atoms with Gasteiger partial charge in [0.25, 0.3) is 5.91 Å². The second-order valence-corrected chi connectivity index (χ2v) is 7.81. The molecule has 2 aliphatic heterocycles. The number of halogens is 2. The van der Waals surface area contributed by atoms with E-state index in [9.17, 15) is 4.79 Å². The van der Waals surface area contributed by atoms with Gasteiger partial charge in [-0.25, -0.2) is 0 Å². The number of nitrogens with one attached hydrogen (secondary N) is 1. The van der Waals surface area contributed by atoms with Gasteiger partial charge >= 0.3 is 0 Å². The fourth-order valence-electron chi connectivity index (χ4n) is 4.03. The van der Waals surface area contributed by atoms with Crippen LogP contribution in [0, 0.1) is 5.41 Å². The van der Waals surface area contributed by atoms with Crippen LogP contribution in [-0.2, 0) is 0 Å². The molecule has 2 aromatic carbocycles. The zero-order valence-electron chi connectivity index (χ0n) is 13.6. The van der Waals surface area contributed by atoms with Crippen LogP contribution in [0.4, 0.5) is 0 Å². The lowest BCUT2D eigenvalue weighted by Gasteiger charge is -2.39. The predicted molar refractivity (Wildman–Crippen MR) is 104 cm³/mol. The number of likely N-dealkylation sites (tertiary alicyclic amines) is 1. The number of carbonyl (C=O) groups is 1. The fourth-order valence-corrected chi connectivity index (χ4v) is 4.50. The van der Waals surface area contributed by atoms with Crippen LogP contribution in [0.1, 0.15) is 29.6 Å². The predicted octanol–water partition coefficient (Wildman–Crippen LogP) is 4.24. The maximum absolute atomic E-state index is 13.1. The minimum Gasteiger partial charge on any atom is -0.339 e. The molecule has 0 bridgehead atoms. The summed E-state index contributed by atoms with van der Waals surface area (Å²) < 4.78 is 0.966. The third kappa shape index (κ3) is 3.19. The van der Waals surface area contributed by atoms with Crippen molar-refractivity contribution in [2.75, 3.05) is 26.2 Å². The third-order valence-electron chi connectivity index (χ3n) is 5.50. The lowest BCUT2D eigenvalue weighted by molar-refractivity contribution is 0.0609. The number of fused-ring (bicyclic) bond motifs is 1. The van der Waals surface area contributed by atoms with Crippen molar-refractivity contribution < 1.29 is 4.79 Å². The number of nitrogens with zero attached hydrogens (tertiary/aromatic N) is 1. The lowest BCUT2D eigenvalue weighted by Crippen LogP contribution is -2.44. The Morgan fingerprint density at radius 1 is 1.12 bits per heavy atom. The molecule has 0 aromatic heterocycles. The van der Waals surface area contributed by atoms with Crippen molar-refractivity contribution in [2.45, 2.75) is 19.3 Å². The molecule has 3 nitrogen and oxygen atoms in total. The topological polar surface area (TPSA) is 32.3 Å². The standard InChI is InChI=1S/C19H21BrN2O.ClH/c20-15-11-14-3-1-2-4-16(14)17(12-15)18(23)22-9-6-19(7-10-22)5-8-21-13-19;/h1-4,11-12,21H,5-10,13H2;1H. The lowest BCUT2D eigenvalue weighted by atomic mass is 9.77. The second kappa shape index (κ2) is 7.03. The molecule has 0 saturated carbocycles. The van der Waals surface area contributed by atoms with E-state index >= 15 is 0 Å². The van der Waals surface area contributed by atoms with Gasteiger partial charge in [-0.2, -0.15) is 0 Å². The molecule has 1 N–H and O–H groups in total. The Morgan fingerprint density at radius 3 is 2.58 bits per heavy atom. The number of hydrogen-bond acceptors (Lipinski definition) is 2. The Balaban J connectivity index is 0.00000169. The smallest absolute Gasteiger partial charge is 0.254 e. The number of benzene rings is 2. The fraction of sp³-hybridized carbons (Fsp3) is 0.421. The van der Waals surface area contributed by atoms with Crippen molar-refractivity contribution in [3.8, 4) is 0 Å². The molecule has 2 fully saturated rings. The Morgan fingerprint density at radius 2 is 1.88 bits per heavy atom. The van der Waals surface area contributed by atoms with E-state index < -0.39 is 0 Å². The number of amides is 1. The van der Waals surface area contributed by atoms with E-state index in [-0.39, 0.29) is 18.3 Å². The van der Waals surface area contributed by atoms with Crippen molar-refractivity contribution in [3.05, 3.63) is 46.4 Å². The van der Waals surface area contributed by atoms with Gasteiger partial charge in [0.05, 0.1) is 0 Å². The molecule has 128 valence electrons. The Labute approximate surface area is 157 Å². The molecular formula is C19H22BrClN2O. The molecule has 2 saturated heterocycles. The first kappa shape index (κ1) is 17.7. The zero-order chi connectivity index (χ0) is 15.9. The highest BCUT2D eigenvalue weighted by molar-refractivity contribution is 9.10. The molecule has 1 amide bonds. The zero-order valence-corrected chi connectivity index (χ0v) is 16.0. The van der Waals surface area contributed by atoms with Gasteiger partial charge in [-0.15, -0.1) is 12.4 Å². The Bertz CT molecular complexity index is 748. The summed E-state index contributed by atoms with van der Waals surface area (Å²) in [6.45, 7) is 4.00. The van der Waals surface area contributed by atoms with Crippen molar-refractivity contribution >= 4 is 45.0 Å². The molecule has 0 radical (unpaired) electrons. The van der Waals surface area contributed by atoms with Crippen LogP contribution in [0.2, 0.25) is 0 Å². The van der Waals surface area contributed by atoms with Crippen LogP contribution in [0.5, 0.6) is 0 Å². The first-order chi connectivity index (χ1) is 11.2. The van der Waals surface area contributed by atoms with E-state index in [1.807, 2.05) is 29.2 Å². The van der Waals surface area contributed by atoms with Gasteiger partial charge in [0, 0.05) is 29.7 Å². The molecule has 5 heteroatoms. The number of hydrogen-bond donors (Lipinski definition) is 1. The summed E-state index contributed by atoms with van der Waals surface area (Å²) >= 11 is 3.55. The molecule has 2 aromatic rings. The molecular weight excluding hydrogens is 388 g/mol. The van der Waals surface area contributed by atoms with Gasteiger partial charge in [0.1, 0.15) is 0 Å². The van der Waals surface area contributed by atoms with Crippen LogP contribution in [0.25, 0.3) is 10.8 Å². The monoisotopic (exact) mass is 408 g/mol.